The molecule has 0 spiro atoms. The summed E-state index contributed by atoms with van der Waals surface area (Å²) in [4.78, 5) is 22.4. The van der Waals surface area contributed by atoms with Crippen molar-refractivity contribution in [2.45, 2.75) is 24.7 Å². The number of non-ortho nitro benzene ring substituents is 1. The summed E-state index contributed by atoms with van der Waals surface area (Å²) < 4.78 is 39.9. The largest absolute Gasteiger partial charge is 0.430 e. The van der Waals surface area contributed by atoms with Crippen LogP contribution in [0.15, 0.2) is 18.2 Å². The van der Waals surface area contributed by atoms with E-state index in [0.29, 0.717) is 4.90 Å². The third kappa shape index (κ3) is 1.43. The normalized spacial score (nSPS) is 24.4. The fraction of sp³-hybridized carbons (Fsp3) is 0.364. The average Bonchev–Trinajstić information content (AvgIpc) is 2.84. The Labute approximate surface area is 110 Å². The van der Waals surface area contributed by atoms with Crippen LogP contribution in [-0.2, 0) is 4.79 Å². The van der Waals surface area contributed by atoms with Crippen LogP contribution in [0.3, 0.4) is 0 Å². The van der Waals surface area contributed by atoms with Gasteiger partial charge >= 0.3 is 6.18 Å². The molecule has 20 heavy (non-hydrogen) atoms. The van der Waals surface area contributed by atoms with E-state index in [9.17, 15) is 28.1 Å². The number of rotatable bonds is 1. The lowest BCUT2D eigenvalue weighted by molar-refractivity contribution is -0.384. The second-order valence-electron chi connectivity index (χ2n) is 4.67. The van der Waals surface area contributed by atoms with E-state index in [1.807, 2.05) is 0 Å². The minimum atomic E-state index is -4.67. The third-order valence-corrected chi connectivity index (χ3v) is 3.58. The summed E-state index contributed by atoms with van der Waals surface area (Å²) in [5, 5.41) is 13.0. The van der Waals surface area contributed by atoms with Gasteiger partial charge in [-0.25, -0.2) is 0 Å². The molecule has 3 rings (SSSR count). The first kappa shape index (κ1) is 12.7. The number of alkyl halides is 3. The van der Waals surface area contributed by atoms with Crippen molar-refractivity contribution in [2.24, 2.45) is 0 Å². The number of nitrogens with one attached hydrogen (secondary N) is 1. The molecule has 0 saturated carbocycles. The number of nitro groups is 1. The van der Waals surface area contributed by atoms with Gasteiger partial charge in [0.05, 0.1) is 16.3 Å². The van der Waals surface area contributed by atoms with Crippen molar-refractivity contribution in [1.29, 1.82) is 0 Å². The summed E-state index contributed by atoms with van der Waals surface area (Å²) in [6, 6.07) is 3.27. The molecule has 9 heteroatoms. The van der Waals surface area contributed by atoms with Crippen LogP contribution in [0.5, 0.6) is 0 Å². The van der Waals surface area contributed by atoms with Gasteiger partial charge in [0.1, 0.15) is 0 Å². The first-order valence-electron chi connectivity index (χ1n) is 5.73. The van der Waals surface area contributed by atoms with Crippen molar-refractivity contribution in [3.05, 3.63) is 28.3 Å². The number of nitrogens with zero attached hydrogens (tertiary/aromatic N) is 2. The number of halogens is 3. The van der Waals surface area contributed by atoms with Crippen LogP contribution in [0.4, 0.5) is 30.2 Å². The van der Waals surface area contributed by atoms with Gasteiger partial charge in [-0.05, 0) is 6.07 Å². The second-order valence-corrected chi connectivity index (χ2v) is 4.67. The molecule has 0 aliphatic carbocycles. The highest BCUT2D eigenvalue weighted by molar-refractivity contribution is 6.04. The zero-order valence-corrected chi connectivity index (χ0v) is 9.90. The van der Waals surface area contributed by atoms with Gasteiger partial charge in [0.2, 0.25) is 11.6 Å². The maximum atomic E-state index is 13.3. The molecule has 2 aliphatic rings. The van der Waals surface area contributed by atoms with E-state index < -0.39 is 29.1 Å². The van der Waals surface area contributed by atoms with Gasteiger partial charge in [0.25, 0.3) is 5.69 Å². The predicted octanol–water partition coefficient (Wildman–Crippen LogP) is 2.41. The molecule has 1 fully saturated rings. The fourth-order valence-corrected chi connectivity index (χ4v) is 2.67. The summed E-state index contributed by atoms with van der Waals surface area (Å²) in [7, 11) is 0. The SMILES string of the molecule is O=C1CCC2(C(F)(F)F)Nc3ccc([N+](=O)[O-])cc3N12. The van der Waals surface area contributed by atoms with Crippen LogP contribution in [0.25, 0.3) is 0 Å². The molecule has 2 aliphatic heterocycles. The quantitative estimate of drug-likeness (QED) is 0.635. The van der Waals surface area contributed by atoms with Crippen molar-refractivity contribution in [3.63, 3.8) is 0 Å². The molecule has 2 heterocycles. The van der Waals surface area contributed by atoms with E-state index in [0.717, 1.165) is 12.1 Å². The summed E-state index contributed by atoms with van der Waals surface area (Å²) in [6.07, 6.45) is -5.35. The maximum absolute atomic E-state index is 13.3. The predicted molar refractivity (Wildman–Crippen MR) is 62.2 cm³/mol. The molecule has 6 nitrogen and oxygen atoms in total. The number of amides is 1. The minimum absolute atomic E-state index is 0.0703. The van der Waals surface area contributed by atoms with Crippen molar-refractivity contribution >= 4 is 23.0 Å². The zero-order chi connectivity index (χ0) is 14.7. The fourth-order valence-electron chi connectivity index (χ4n) is 2.67. The monoisotopic (exact) mass is 287 g/mol. The zero-order valence-electron chi connectivity index (χ0n) is 9.90. The van der Waals surface area contributed by atoms with Gasteiger partial charge in [-0.1, -0.05) is 0 Å². The number of carbonyl (C=O) groups is 1. The molecule has 0 aromatic heterocycles. The minimum Gasteiger partial charge on any atom is -0.353 e. The highest BCUT2D eigenvalue weighted by atomic mass is 19.4. The second kappa shape index (κ2) is 3.62. The van der Waals surface area contributed by atoms with E-state index >= 15 is 0 Å². The van der Waals surface area contributed by atoms with Gasteiger partial charge in [-0.2, -0.15) is 13.2 Å². The molecular formula is C11H8F3N3O3. The van der Waals surface area contributed by atoms with Crippen LogP contribution in [0.2, 0.25) is 0 Å². The summed E-state index contributed by atoms with van der Waals surface area (Å²) >= 11 is 0. The first-order chi connectivity index (χ1) is 9.26. The molecule has 106 valence electrons. The number of nitro benzene ring substituents is 1. The lowest BCUT2D eigenvalue weighted by atomic mass is 10.1. The summed E-state index contributed by atoms with van der Waals surface area (Å²) in [5.74, 6) is -0.700. The topological polar surface area (TPSA) is 75.5 Å². The van der Waals surface area contributed by atoms with Crippen molar-refractivity contribution in [3.8, 4) is 0 Å². The standard InChI is InChI=1S/C11H8F3N3O3/c12-11(13,14)10-4-3-9(18)16(10)8-5-6(17(19)20)1-2-7(8)15-10/h1-2,5,15H,3-4H2. The molecule has 1 N–H and O–H groups in total. The molecule has 0 radical (unpaired) electrons. The highest BCUT2D eigenvalue weighted by Crippen LogP contribution is 2.53. The molecule has 1 aromatic rings. The molecule has 1 unspecified atom stereocenters. The number of hydrogen-bond donors (Lipinski definition) is 1. The van der Waals surface area contributed by atoms with Crippen molar-refractivity contribution in [2.75, 3.05) is 10.2 Å². The molecule has 0 bridgehead atoms. The van der Waals surface area contributed by atoms with Crippen LogP contribution in [-0.4, -0.2) is 22.7 Å². The third-order valence-electron chi connectivity index (χ3n) is 3.58. The Morgan fingerprint density at radius 3 is 2.70 bits per heavy atom. The van der Waals surface area contributed by atoms with E-state index in [-0.39, 0.29) is 23.5 Å². The number of hydrogen-bond acceptors (Lipinski definition) is 4. The van der Waals surface area contributed by atoms with Gasteiger partial charge < -0.3 is 5.32 Å². The summed E-state index contributed by atoms with van der Waals surface area (Å²) in [6.45, 7) is 0. The Morgan fingerprint density at radius 2 is 2.10 bits per heavy atom. The number of carbonyl (C=O) groups excluding carboxylic acids is 1. The van der Waals surface area contributed by atoms with Gasteiger partial charge in [-0.15, -0.1) is 0 Å². The Bertz CT molecular complexity index is 631. The highest BCUT2D eigenvalue weighted by Gasteiger charge is 2.67. The van der Waals surface area contributed by atoms with E-state index in [4.69, 9.17) is 0 Å². The van der Waals surface area contributed by atoms with Crippen LogP contribution >= 0.6 is 0 Å². The number of benzene rings is 1. The van der Waals surface area contributed by atoms with Crippen LogP contribution < -0.4 is 10.2 Å². The van der Waals surface area contributed by atoms with Gasteiger partial charge in [0.15, 0.2) is 0 Å². The smallest absolute Gasteiger partial charge is 0.353 e. The Kier molecular flexibility index (Phi) is 2.30. The Balaban J connectivity index is 2.17. The lowest BCUT2D eigenvalue weighted by Gasteiger charge is -2.33. The van der Waals surface area contributed by atoms with Crippen molar-refractivity contribution in [1.82, 2.24) is 0 Å². The maximum Gasteiger partial charge on any atom is 0.430 e. The molecule has 1 aromatic carbocycles. The molecule has 1 amide bonds. The van der Waals surface area contributed by atoms with Crippen LogP contribution in [0.1, 0.15) is 12.8 Å². The molecule has 1 saturated heterocycles. The Morgan fingerprint density at radius 1 is 1.40 bits per heavy atom. The first-order valence-corrected chi connectivity index (χ1v) is 5.73. The molecule has 1 atom stereocenters. The van der Waals surface area contributed by atoms with E-state index in [1.54, 1.807) is 0 Å². The summed E-state index contributed by atoms with van der Waals surface area (Å²) in [5.41, 5.74) is -2.87. The molecular weight excluding hydrogens is 279 g/mol. The number of anilines is 2. The van der Waals surface area contributed by atoms with Crippen LogP contribution in [0, 0.1) is 10.1 Å². The lowest BCUT2D eigenvalue weighted by Crippen LogP contribution is -2.58. The van der Waals surface area contributed by atoms with E-state index in [1.165, 1.54) is 6.07 Å². The average molecular weight is 287 g/mol. The number of fused-ring (bicyclic) bond motifs is 3. The van der Waals surface area contributed by atoms with Crippen molar-refractivity contribution < 1.29 is 22.9 Å². The van der Waals surface area contributed by atoms with E-state index in [2.05, 4.69) is 5.32 Å². The van der Waals surface area contributed by atoms with Gasteiger partial charge in [0, 0.05) is 25.0 Å². The van der Waals surface area contributed by atoms with Gasteiger partial charge in [-0.3, -0.25) is 19.8 Å². The Hall–Kier alpha value is -2.32.